The molecule has 2 aromatic rings. The maximum atomic E-state index is 12.2. The van der Waals surface area contributed by atoms with Gasteiger partial charge in [0.25, 0.3) is 0 Å². The molecule has 1 amide bonds. The summed E-state index contributed by atoms with van der Waals surface area (Å²) in [6.07, 6.45) is 2.50. The largest absolute Gasteiger partial charge is 0.381 e. The summed E-state index contributed by atoms with van der Waals surface area (Å²) < 4.78 is 5.53. The number of carbonyl (C=O) groups excluding carboxylic acids is 1. The molecule has 2 heterocycles. The molecule has 1 N–H and O–H groups in total. The van der Waals surface area contributed by atoms with Crippen LogP contribution in [0.2, 0.25) is 0 Å². The fraction of sp³-hybridized carbons (Fsp3) is 0.421. The Balaban J connectivity index is 1.48. The minimum Gasteiger partial charge on any atom is -0.381 e. The first-order valence-electron chi connectivity index (χ1n) is 8.33. The Kier molecular flexibility index (Phi) is 6.35. The molecule has 1 aliphatic heterocycles. The smallest absolute Gasteiger partial charge is 0.220 e. The molecule has 0 saturated carbocycles. The number of ether oxygens (including phenoxy) is 1. The zero-order valence-electron chi connectivity index (χ0n) is 13.7. The van der Waals surface area contributed by atoms with Gasteiger partial charge in [-0.15, -0.1) is 11.8 Å². The van der Waals surface area contributed by atoms with Crippen LogP contribution in [0.15, 0.2) is 52.1 Å². The average Bonchev–Trinajstić information content (AvgIpc) is 3.17. The van der Waals surface area contributed by atoms with Crippen molar-refractivity contribution in [2.45, 2.75) is 29.6 Å². The van der Waals surface area contributed by atoms with Gasteiger partial charge in [-0.25, -0.2) is 0 Å². The lowest BCUT2D eigenvalue weighted by Crippen LogP contribution is -2.44. The highest BCUT2D eigenvalue weighted by atomic mass is 32.2. The van der Waals surface area contributed by atoms with Gasteiger partial charge in [-0.3, -0.25) is 4.79 Å². The van der Waals surface area contributed by atoms with Crippen LogP contribution in [0.25, 0.3) is 0 Å². The number of hydrogen-bond donors (Lipinski definition) is 1. The quantitative estimate of drug-likeness (QED) is 0.755. The van der Waals surface area contributed by atoms with Crippen LogP contribution in [0.5, 0.6) is 0 Å². The van der Waals surface area contributed by atoms with Gasteiger partial charge in [-0.2, -0.15) is 11.3 Å². The van der Waals surface area contributed by atoms with E-state index in [0.717, 1.165) is 31.8 Å². The molecule has 3 rings (SSSR count). The van der Waals surface area contributed by atoms with E-state index in [2.05, 4.69) is 34.3 Å². The molecule has 24 heavy (non-hydrogen) atoms. The molecule has 1 aliphatic rings. The van der Waals surface area contributed by atoms with Crippen molar-refractivity contribution in [2.75, 3.05) is 25.5 Å². The van der Waals surface area contributed by atoms with Gasteiger partial charge in [0.05, 0.1) is 0 Å². The standard InChI is InChI=1S/C19H23NO2S2/c21-18(7-13-24-17-4-2-1-3-5-17)20-15-19(8-10-22-11-9-19)16-6-12-23-14-16/h1-6,12,14H,7-11,13,15H2,(H,20,21). The number of nitrogens with one attached hydrogen (secondary N) is 1. The molecule has 0 radical (unpaired) electrons. The third kappa shape index (κ3) is 4.62. The van der Waals surface area contributed by atoms with Crippen molar-refractivity contribution >= 4 is 29.0 Å². The summed E-state index contributed by atoms with van der Waals surface area (Å²) in [6, 6.07) is 12.4. The van der Waals surface area contributed by atoms with Crippen molar-refractivity contribution in [3.05, 3.63) is 52.7 Å². The molecule has 0 unspecified atom stereocenters. The van der Waals surface area contributed by atoms with Crippen molar-refractivity contribution in [1.29, 1.82) is 0 Å². The van der Waals surface area contributed by atoms with Crippen molar-refractivity contribution < 1.29 is 9.53 Å². The van der Waals surface area contributed by atoms with Crippen LogP contribution in [0.3, 0.4) is 0 Å². The maximum Gasteiger partial charge on any atom is 0.220 e. The minimum atomic E-state index is 0.0421. The molecule has 0 aliphatic carbocycles. The van der Waals surface area contributed by atoms with E-state index in [1.807, 2.05) is 18.2 Å². The minimum absolute atomic E-state index is 0.0421. The molecule has 1 aromatic heterocycles. The van der Waals surface area contributed by atoms with Gasteiger partial charge in [0, 0.05) is 42.2 Å². The molecule has 1 fully saturated rings. The third-order valence-electron chi connectivity index (χ3n) is 4.55. The number of hydrogen-bond acceptors (Lipinski definition) is 4. The lowest BCUT2D eigenvalue weighted by atomic mass is 9.75. The van der Waals surface area contributed by atoms with E-state index in [0.29, 0.717) is 13.0 Å². The van der Waals surface area contributed by atoms with Gasteiger partial charge < -0.3 is 10.1 Å². The Hall–Kier alpha value is -1.30. The van der Waals surface area contributed by atoms with E-state index in [1.54, 1.807) is 23.1 Å². The first-order valence-corrected chi connectivity index (χ1v) is 10.3. The number of rotatable bonds is 7. The summed E-state index contributed by atoms with van der Waals surface area (Å²) >= 11 is 3.45. The molecular formula is C19H23NO2S2. The summed E-state index contributed by atoms with van der Waals surface area (Å²) in [5.74, 6) is 0.948. The highest BCUT2D eigenvalue weighted by Gasteiger charge is 2.35. The van der Waals surface area contributed by atoms with E-state index in [-0.39, 0.29) is 11.3 Å². The summed E-state index contributed by atoms with van der Waals surface area (Å²) in [4.78, 5) is 13.4. The second-order valence-corrected chi connectivity index (χ2v) is 8.04. The van der Waals surface area contributed by atoms with E-state index in [4.69, 9.17) is 4.74 Å². The molecule has 1 saturated heterocycles. The van der Waals surface area contributed by atoms with Crippen molar-refractivity contribution in [2.24, 2.45) is 0 Å². The van der Waals surface area contributed by atoms with Gasteiger partial charge in [0.2, 0.25) is 5.91 Å². The molecule has 128 valence electrons. The van der Waals surface area contributed by atoms with E-state index in [9.17, 15) is 4.79 Å². The van der Waals surface area contributed by atoms with Gasteiger partial charge >= 0.3 is 0 Å². The van der Waals surface area contributed by atoms with E-state index < -0.39 is 0 Å². The first-order chi connectivity index (χ1) is 11.8. The predicted molar refractivity (Wildman–Crippen MR) is 101 cm³/mol. The molecular weight excluding hydrogens is 338 g/mol. The lowest BCUT2D eigenvalue weighted by molar-refractivity contribution is -0.121. The number of carbonyl (C=O) groups is 1. The van der Waals surface area contributed by atoms with Crippen LogP contribution in [0, 0.1) is 0 Å². The monoisotopic (exact) mass is 361 g/mol. The fourth-order valence-corrected chi connectivity index (χ4v) is 4.68. The molecule has 3 nitrogen and oxygen atoms in total. The van der Waals surface area contributed by atoms with Crippen LogP contribution < -0.4 is 5.32 Å². The predicted octanol–water partition coefficient (Wildman–Crippen LogP) is 4.09. The van der Waals surface area contributed by atoms with Crippen LogP contribution in [0.1, 0.15) is 24.8 Å². The summed E-state index contributed by atoms with van der Waals surface area (Å²) in [6.45, 7) is 2.26. The maximum absolute atomic E-state index is 12.2. The molecule has 1 aromatic carbocycles. The second-order valence-electron chi connectivity index (χ2n) is 6.09. The Morgan fingerprint density at radius 1 is 1.21 bits per heavy atom. The Labute approximate surface area is 151 Å². The summed E-state index contributed by atoms with van der Waals surface area (Å²) in [5, 5.41) is 7.49. The van der Waals surface area contributed by atoms with Gasteiger partial charge in [-0.05, 0) is 47.4 Å². The second kappa shape index (κ2) is 8.70. The first kappa shape index (κ1) is 17.5. The van der Waals surface area contributed by atoms with Crippen LogP contribution in [-0.2, 0) is 14.9 Å². The molecule has 0 spiro atoms. The zero-order valence-corrected chi connectivity index (χ0v) is 15.3. The topological polar surface area (TPSA) is 38.3 Å². The van der Waals surface area contributed by atoms with Gasteiger partial charge in [0.15, 0.2) is 0 Å². The SMILES string of the molecule is O=C(CCSc1ccccc1)NCC1(c2ccsc2)CCOCC1. The van der Waals surface area contributed by atoms with Crippen molar-refractivity contribution in [3.63, 3.8) is 0 Å². The van der Waals surface area contributed by atoms with Crippen molar-refractivity contribution in [1.82, 2.24) is 5.32 Å². The normalized spacial score (nSPS) is 16.7. The van der Waals surface area contributed by atoms with Crippen LogP contribution >= 0.6 is 23.1 Å². The van der Waals surface area contributed by atoms with E-state index in [1.165, 1.54) is 10.5 Å². The molecule has 5 heteroatoms. The summed E-state index contributed by atoms with van der Waals surface area (Å²) in [7, 11) is 0. The number of amides is 1. The Bertz CT molecular complexity index is 622. The Morgan fingerprint density at radius 3 is 2.71 bits per heavy atom. The van der Waals surface area contributed by atoms with E-state index >= 15 is 0 Å². The molecule has 0 atom stereocenters. The zero-order chi connectivity index (χ0) is 16.7. The number of benzene rings is 1. The highest BCUT2D eigenvalue weighted by molar-refractivity contribution is 7.99. The van der Waals surface area contributed by atoms with Crippen molar-refractivity contribution in [3.8, 4) is 0 Å². The third-order valence-corrected chi connectivity index (χ3v) is 6.25. The molecule has 0 bridgehead atoms. The number of thiophene rings is 1. The summed E-state index contributed by atoms with van der Waals surface area (Å²) in [5.41, 5.74) is 1.38. The average molecular weight is 362 g/mol. The van der Waals surface area contributed by atoms with Gasteiger partial charge in [0.1, 0.15) is 0 Å². The van der Waals surface area contributed by atoms with Crippen LogP contribution in [0.4, 0.5) is 0 Å². The van der Waals surface area contributed by atoms with Gasteiger partial charge in [-0.1, -0.05) is 18.2 Å². The fourth-order valence-electron chi connectivity index (χ4n) is 3.03. The number of thioether (sulfide) groups is 1. The lowest BCUT2D eigenvalue weighted by Gasteiger charge is -2.37. The Morgan fingerprint density at radius 2 is 2.00 bits per heavy atom. The highest BCUT2D eigenvalue weighted by Crippen LogP contribution is 2.35. The van der Waals surface area contributed by atoms with Crippen LogP contribution in [-0.4, -0.2) is 31.4 Å².